The van der Waals surface area contributed by atoms with E-state index < -0.39 is 5.97 Å². The second-order valence-corrected chi connectivity index (χ2v) is 5.68. The summed E-state index contributed by atoms with van der Waals surface area (Å²) < 4.78 is 2.89. The summed E-state index contributed by atoms with van der Waals surface area (Å²) in [6.45, 7) is 4.30. The molecule has 0 spiro atoms. The highest BCUT2D eigenvalue weighted by atomic mass is 79.9. The van der Waals surface area contributed by atoms with E-state index in [0.29, 0.717) is 6.54 Å². The summed E-state index contributed by atoms with van der Waals surface area (Å²) in [7, 11) is 1.92. The molecule has 0 saturated carbocycles. The van der Waals surface area contributed by atoms with Gasteiger partial charge in [-0.2, -0.15) is 5.10 Å². The lowest BCUT2D eigenvalue weighted by molar-refractivity contribution is -0.143. The van der Waals surface area contributed by atoms with Gasteiger partial charge in [-0.25, -0.2) is 0 Å². The normalized spacial score (nSPS) is 21.2. The maximum atomic E-state index is 11.0. The molecule has 5 nitrogen and oxygen atoms in total. The van der Waals surface area contributed by atoms with Crippen LogP contribution in [0.2, 0.25) is 0 Å². The zero-order chi connectivity index (χ0) is 13.3. The van der Waals surface area contributed by atoms with E-state index in [4.69, 9.17) is 5.11 Å². The Hall–Kier alpha value is -0.880. The number of carboxylic acid groups (broad SMARTS) is 1. The molecule has 1 N–H and O–H groups in total. The van der Waals surface area contributed by atoms with Gasteiger partial charge in [0.1, 0.15) is 0 Å². The first-order valence-corrected chi connectivity index (χ1v) is 6.91. The zero-order valence-corrected chi connectivity index (χ0v) is 12.3. The van der Waals surface area contributed by atoms with Gasteiger partial charge >= 0.3 is 5.97 Å². The third-order valence-corrected chi connectivity index (χ3v) is 4.52. The van der Waals surface area contributed by atoms with Gasteiger partial charge < -0.3 is 5.11 Å². The number of rotatable bonds is 3. The zero-order valence-electron chi connectivity index (χ0n) is 10.7. The summed E-state index contributed by atoms with van der Waals surface area (Å²) in [5.74, 6) is -0.910. The predicted octanol–water partition coefficient (Wildman–Crippen LogP) is 1.79. The molecule has 18 heavy (non-hydrogen) atoms. The van der Waals surface area contributed by atoms with Gasteiger partial charge in [0.2, 0.25) is 0 Å². The van der Waals surface area contributed by atoms with Crippen LogP contribution in [0.5, 0.6) is 0 Å². The van der Waals surface area contributed by atoms with Gasteiger partial charge in [-0.1, -0.05) is 0 Å². The summed E-state index contributed by atoms with van der Waals surface area (Å²) in [6, 6.07) is 0. The van der Waals surface area contributed by atoms with Crippen LogP contribution in [0.1, 0.15) is 24.2 Å². The molecule has 0 radical (unpaired) electrons. The molecule has 1 aromatic heterocycles. The first-order chi connectivity index (χ1) is 8.49. The van der Waals surface area contributed by atoms with Crippen LogP contribution in [-0.4, -0.2) is 38.8 Å². The molecule has 0 bridgehead atoms. The van der Waals surface area contributed by atoms with E-state index in [2.05, 4.69) is 25.9 Å². The van der Waals surface area contributed by atoms with Crippen molar-refractivity contribution < 1.29 is 9.90 Å². The third kappa shape index (κ3) is 2.75. The molecule has 2 rings (SSSR count). The predicted molar refractivity (Wildman–Crippen MR) is 71.3 cm³/mol. The van der Waals surface area contributed by atoms with Crippen molar-refractivity contribution in [2.75, 3.05) is 13.1 Å². The van der Waals surface area contributed by atoms with Crippen molar-refractivity contribution in [1.29, 1.82) is 0 Å². The third-order valence-electron chi connectivity index (χ3n) is 3.49. The first-order valence-electron chi connectivity index (χ1n) is 6.12. The Balaban J connectivity index is 2.07. The highest BCUT2D eigenvalue weighted by Gasteiger charge is 2.26. The molecule has 1 unspecified atom stereocenters. The van der Waals surface area contributed by atoms with E-state index in [-0.39, 0.29) is 5.92 Å². The Bertz CT molecular complexity index is 458. The Labute approximate surface area is 115 Å². The fraction of sp³-hybridized carbons (Fsp3) is 0.667. The number of hydrogen-bond donors (Lipinski definition) is 1. The van der Waals surface area contributed by atoms with Gasteiger partial charge in [0.05, 0.1) is 21.8 Å². The maximum absolute atomic E-state index is 11.0. The molecule has 0 amide bonds. The molecule has 6 heteroatoms. The van der Waals surface area contributed by atoms with Crippen molar-refractivity contribution in [1.82, 2.24) is 14.7 Å². The first kappa shape index (κ1) is 13.5. The maximum Gasteiger partial charge on any atom is 0.307 e. The molecule has 0 aliphatic carbocycles. The monoisotopic (exact) mass is 315 g/mol. The molecule has 100 valence electrons. The largest absolute Gasteiger partial charge is 0.481 e. The Morgan fingerprint density at radius 2 is 2.33 bits per heavy atom. The number of carbonyl (C=O) groups is 1. The van der Waals surface area contributed by atoms with E-state index in [1.165, 1.54) is 0 Å². The lowest BCUT2D eigenvalue weighted by Crippen LogP contribution is -2.38. The summed E-state index contributed by atoms with van der Waals surface area (Å²) in [4.78, 5) is 13.2. The number of likely N-dealkylation sites (tertiary alicyclic amines) is 1. The lowest BCUT2D eigenvalue weighted by Gasteiger charge is -2.30. The number of aryl methyl sites for hydroxylation is 2. The van der Waals surface area contributed by atoms with Crippen LogP contribution in [0.15, 0.2) is 4.47 Å². The number of nitrogens with zero attached hydrogens (tertiary/aromatic N) is 3. The molecule has 1 fully saturated rings. The minimum absolute atomic E-state index is 0.230. The van der Waals surface area contributed by atoms with Crippen molar-refractivity contribution in [3.05, 3.63) is 15.9 Å². The van der Waals surface area contributed by atoms with Crippen LogP contribution in [0.4, 0.5) is 0 Å². The van der Waals surface area contributed by atoms with Gasteiger partial charge in [-0.15, -0.1) is 0 Å². The van der Waals surface area contributed by atoms with E-state index in [9.17, 15) is 4.79 Å². The highest BCUT2D eigenvalue weighted by molar-refractivity contribution is 9.10. The molecule has 1 aromatic rings. The topological polar surface area (TPSA) is 58.4 Å². The van der Waals surface area contributed by atoms with Crippen molar-refractivity contribution in [2.24, 2.45) is 13.0 Å². The minimum atomic E-state index is -0.681. The molecule has 1 saturated heterocycles. The molecular weight excluding hydrogens is 298 g/mol. The van der Waals surface area contributed by atoms with E-state index in [0.717, 1.165) is 41.8 Å². The molecular formula is C12H18BrN3O2. The minimum Gasteiger partial charge on any atom is -0.481 e. The van der Waals surface area contributed by atoms with Crippen molar-refractivity contribution >= 4 is 21.9 Å². The number of aliphatic carboxylic acids is 1. The van der Waals surface area contributed by atoms with Crippen LogP contribution in [0.3, 0.4) is 0 Å². The van der Waals surface area contributed by atoms with Crippen LogP contribution < -0.4 is 0 Å². The number of halogens is 1. The van der Waals surface area contributed by atoms with Gasteiger partial charge in [0.25, 0.3) is 0 Å². The Morgan fingerprint density at radius 3 is 2.89 bits per heavy atom. The van der Waals surface area contributed by atoms with Crippen molar-refractivity contribution in [2.45, 2.75) is 26.3 Å². The van der Waals surface area contributed by atoms with Gasteiger partial charge in [-0.3, -0.25) is 14.4 Å². The number of piperidine rings is 1. The van der Waals surface area contributed by atoms with E-state index in [1.54, 1.807) is 0 Å². The molecule has 1 atom stereocenters. The Kier molecular flexibility index (Phi) is 4.07. The molecule has 0 aromatic carbocycles. The fourth-order valence-electron chi connectivity index (χ4n) is 2.46. The van der Waals surface area contributed by atoms with Crippen molar-refractivity contribution in [3.8, 4) is 0 Å². The van der Waals surface area contributed by atoms with Gasteiger partial charge in [0.15, 0.2) is 0 Å². The fourth-order valence-corrected chi connectivity index (χ4v) is 2.93. The van der Waals surface area contributed by atoms with Crippen LogP contribution in [-0.2, 0) is 18.4 Å². The average molecular weight is 316 g/mol. The second-order valence-electron chi connectivity index (χ2n) is 4.88. The van der Waals surface area contributed by atoms with Gasteiger partial charge in [-0.05, 0) is 42.2 Å². The number of carboxylic acids is 1. The summed E-state index contributed by atoms with van der Waals surface area (Å²) in [6.07, 6.45) is 1.74. The number of hydrogen-bond acceptors (Lipinski definition) is 3. The smallest absolute Gasteiger partial charge is 0.307 e. The SMILES string of the molecule is Cc1nn(C)c(CN2CCCC(C(=O)O)C2)c1Br. The Morgan fingerprint density at radius 1 is 1.61 bits per heavy atom. The van der Waals surface area contributed by atoms with E-state index >= 15 is 0 Å². The standard InChI is InChI=1S/C12H18BrN3O2/c1-8-11(13)10(15(2)14-8)7-16-5-3-4-9(6-16)12(17)18/h9H,3-7H2,1-2H3,(H,17,18). The average Bonchev–Trinajstić information content (AvgIpc) is 2.56. The summed E-state index contributed by atoms with van der Waals surface area (Å²) >= 11 is 3.55. The van der Waals surface area contributed by atoms with Crippen LogP contribution in [0, 0.1) is 12.8 Å². The second kappa shape index (κ2) is 5.40. The molecule has 2 heterocycles. The highest BCUT2D eigenvalue weighted by Crippen LogP contribution is 2.24. The van der Waals surface area contributed by atoms with Crippen LogP contribution in [0.25, 0.3) is 0 Å². The summed E-state index contributed by atoms with van der Waals surface area (Å²) in [5.41, 5.74) is 2.08. The molecule has 1 aliphatic rings. The number of aromatic nitrogens is 2. The van der Waals surface area contributed by atoms with E-state index in [1.807, 2.05) is 18.7 Å². The lowest BCUT2D eigenvalue weighted by atomic mass is 9.98. The van der Waals surface area contributed by atoms with Crippen molar-refractivity contribution in [3.63, 3.8) is 0 Å². The molecule has 1 aliphatic heterocycles. The quantitative estimate of drug-likeness (QED) is 0.924. The van der Waals surface area contributed by atoms with Crippen LogP contribution >= 0.6 is 15.9 Å². The van der Waals surface area contributed by atoms with Gasteiger partial charge in [0, 0.05) is 20.1 Å². The summed E-state index contributed by atoms with van der Waals surface area (Å²) in [5, 5.41) is 13.4.